The van der Waals surface area contributed by atoms with Crippen LogP contribution in [0.4, 0.5) is 0 Å². The lowest BCUT2D eigenvalue weighted by Gasteiger charge is -2.14. The van der Waals surface area contributed by atoms with E-state index in [1.54, 1.807) is 6.20 Å². The third-order valence-corrected chi connectivity index (χ3v) is 10.6. The van der Waals surface area contributed by atoms with Crippen molar-refractivity contribution in [2.45, 2.75) is 0 Å². The molecule has 0 saturated heterocycles. The molecule has 262 valence electrons. The molecule has 0 unspecified atom stereocenters. The molecule has 11 rings (SSSR count). The molecule has 0 aliphatic heterocycles. The Bertz CT molecular complexity index is 3120. The largest absolute Gasteiger partial charge is 0.455 e. The van der Waals surface area contributed by atoms with Crippen LogP contribution in [0.25, 0.3) is 111 Å². The van der Waals surface area contributed by atoms with E-state index in [-0.39, 0.29) is 0 Å². The molecule has 11 aromatic rings. The van der Waals surface area contributed by atoms with Crippen LogP contribution in [0.2, 0.25) is 0 Å². The van der Waals surface area contributed by atoms with E-state index in [4.69, 9.17) is 18.8 Å². The summed E-state index contributed by atoms with van der Waals surface area (Å²) < 4.78 is 13.2. The Balaban J connectivity index is 1.17. The van der Waals surface area contributed by atoms with Crippen LogP contribution in [0.3, 0.4) is 0 Å². The summed E-state index contributed by atoms with van der Waals surface area (Å²) in [6, 6.07) is 60.6. The standard InChI is InChI=1S/C51H31N3O2/c1-2-12-32(13-3-1)45-30-46(34-15-8-14-33(26-34)35-16-11-25-52-31-35)54-51(53-45)38-28-36(39-19-9-21-43-41-17-4-6-23-47(41)55-49(39)43)27-37(29-38)40-20-10-22-44-42-18-5-7-24-48(42)56-50(40)44/h1-31H. The zero-order chi connectivity index (χ0) is 37.0. The van der Waals surface area contributed by atoms with Crippen molar-refractivity contribution in [2.75, 3.05) is 0 Å². The minimum absolute atomic E-state index is 0.616. The van der Waals surface area contributed by atoms with Gasteiger partial charge in [0.15, 0.2) is 5.82 Å². The van der Waals surface area contributed by atoms with Crippen molar-refractivity contribution in [3.05, 3.63) is 188 Å². The van der Waals surface area contributed by atoms with E-state index in [2.05, 4.69) is 132 Å². The zero-order valence-corrected chi connectivity index (χ0v) is 30.1. The van der Waals surface area contributed by atoms with Gasteiger partial charge >= 0.3 is 0 Å². The summed E-state index contributed by atoms with van der Waals surface area (Å²) >= 11 is 0. The normalized spacial score (nSPS) is 11.6. The van der Waals surface area contributed by atoms with Crippen molar-refractivity contribution in [3.8, 4) is 67.3 Å². The van der Waals surface area contributed by atoms with Gasteiger partial charge in [-0.3, -0.25) is 4.98 Å². The molecule has 0 amide bonds. The molecule has 0 aliphatic rings. The number of hydrogen-bond acceptors (Lipinski definition) is 5. The molecule has 0 fully saturated rings. The van der Waals surface area contributed by atoms with E-state index in [1.807, 2.05) is 54.7 Å². The van der Waals surface area contributed by atoms with E-state index >= 15 is 0 Å². The van der Waals surface area contributed by atoms with E-state index in [0.717, 1.165) is 105 Å². The highest BCUT2D eigenvalue weighted by Gasteiger charge is 2.19. The average Bonchev–Trinajstić information content (AvgIpc) is 3.86. The van der Waals surface area contributed by atoms with Crippen LogP contribution in [0.1, 0.15) is 0 Å². The zero-order valence-electron chi connectivity index (χ0n) is 30.1. The number of furan rings is 2. The second kappa shape index (κ2) is 13.0. The second-order valence-corrected chi connectivity index (χ2v) is 14.0. The average molecular weight is 718 g/mol. The Labute approximate surface area is 322 Å². The maximum absolute atomic E-state index is 6.59. The first-order valence-electron chi connectivity index (χ1n) is 18.7. The monoisotopic (exact) mass is 717 g/mol. The van der Waals surface area contributed by atoms with Crippen molar-refractivity contribution in [3.63, 3.8) is 0 Å². The van der Waals surface area contributed by atoms with Gasteiger partial charge in [-0.1, -0.05) is 127 Å². The number of para-hydroxylation sites is 4. The van der Waals surface area contributed by atoms with Gasteiger partial charge in [0, 0.05) is 67.3 Å². The fraction of sp³-hybridized carbons (Fsp3) is 0. The topological polar surface area (TPSA) is 65.0 Å². The highest BCUT2D eigenvalue weighted by atomic mass is 16.3. The molecule has 0 atom stereocenters. The van der Waals surface area contributed by atoms with Gasteiger partial charge in [0.1, 0.15) is 22.3 Å². The number of nitrogens with zero attached hydrogens (tertiary/aromatic N) is 3. The first-order chi connectivity index (χ1) is 27.7. The molecule has 0 spiro atoms. The molecular weight excluding hydrogens is 687 g/mol. The Morgan fingerprint density at radius 3 is 1.48 bits per heavy atom. The molecule has 0 radical (unpaired) electrons. The molecule has 56 heavy (non-hydrogen) atoms. The number of fused-ring (bicyclic) bond motifs is 6. The molecule has 5 nitrogen and oxygen atoms in total. The quantitative estimate of drug-likeness (QED) is 0.171. The lowest BCUT2D eigenvalue weighted by atomic mass is 9.93. The summed E-state index contributed by atoms with van der Waals surface area (Å²) in [5, 5.41) is 4.32. The first-order valence-corrected chi connectivity index (χ1v) is 18.7. The summed E-state index contributed by atoms with van der Waals surface area (Å²) in [5.74, 6) is 0.616. The van der Waals surface area contributed by atoms with Crippen LogP contribution in [-0.4, -0.2) is 15.0 Å². The number of pyridine rings is 1. The summed E-state index contributed by atoms with van der Waals surface area (Å²) in [5.41, 5.74) is 14.0. The fourth-order valence-corrected chi connectivity index (χ4v) is 7.89. The minimum atomic E-state index is 0.616. The highest BCUT2D eigenvalue weighted by Crippen LogP contribution is 2.42. The molecule has 5 heteroatoms. The van der Waals surface area contributed by atoms with Crippen LogP contribution < -0.4 is 0 Å². The van der Waals surface area contributed by atoms with Crippen molar-refractivity contribution in [1.82, 2.24) is 15.0 Å². The Morgan fingerprint density at radius 2 is 0.839 bits per heavy atom. The molecule has 0 N–H and O–H groups in total. The van der Waals surface area contributed by atoms with Gasteiger partial charge in [-0.05, 0) is 65.2 Å². The Kier molecular flexibility index (Phi) is 7.42. The Morgan fingerprint density at radius 1 is 0.339 bits per heavy atom. The SMILES string of the molecule is c1ccc(-c2cc(-c3cccc(-c4cccnc4)c3)nc(-c3cc(-c4cccc5c4oc4ccccc45)cc(-c4cccc5c4oc4ccccc45)c3)n2)cc1. The first kappa shape index (κ1) is 31.9. The van der Waals surface area contributed by atoms with Crippen LogP contribution in [0.15, 0.2) is 197 Å². The van der Waals surface area contributed by atoms with Crippen molar-refractivity contribution in [1.29, 1.82) is 0 Å². The summed E-state index contributed by atoms with van der Waals surface area (Å²) in [4.78, 5) is 15.0. The van der Waals surface area contributed by atoms with Crippen LogP contribution in [0, 0.1) is 0 Å². The van der Waals surface area contributed by atoms with E-state index in [0.29, 0.717) is 5.82 Å². The maximum Gasteiger partial charge on any atom is 0.160 e. The van der Waals surface area contributed by atoms with Gasteiger partial charge < -0.3 is 8.83 Å². The van der Waals surface area contributed by atoms with Crippen LogP contribution >= 0.6 is 0 Å². The second-order valence-electron chi connectivity index (χ2n) is 14.0. The third kappa shape index (κ3) is 5.45. The van der Waals surface area contributed by atoms with Crippen molar-refractivity contribution >= 4 is 43.9 Å². The molecule has 7 aromatic carbocycles. The van der Waals surface area contributed by atoms with Gasteiger partial charge in [0.2, 0.25) is 0 Å². The van der Waals surface area contributed by atoms with Gasteiger partial charge in [-0.25, -0.2) is 9.97 Å². The maximum atomic E-state index is 6.59. The molecular formula is C51H31N3O2. The lowest BCUT2D eigenvalue weighted by Crippen LogP contribution is -1.97. The highest BCUT2D eigenvalue weighted by molar-refractivity contribution is 6.11. The smallest absolute Gasteiger partial charge is 0.160 e. The molecule has 4 heterocycles. The molecule has 0 aliphatic carbocycles. The van der Waals surface area contributed by atoms with E-state index < -0.39 is 0 Å². The predicted octanol–water partition coefficient (Wildman–Crippen LogP) is 13.7. The predicted molar refractivity (Wildman–Crippen MR) is 227 cm³/mol. The molecule has 4 aromatic heterocycles. The van der Waals surface area contributed by atoms with Gasteiger partial charge in [0.25, 0.3) is 0 Å². The summed E-state index contributed by atoms with van der Waals surface area (Å²) in [6.07, 6.45) is 3.68. The summed E-state index contributed by atoms with van der Waals surface area (Å²) in [7, 11) is 0. The number of aromatic nitrogens is 3. The number of hydrogen-bond donors (Lipinski definition) is 0. The van der Waals surface area contributed by atoms with Crippen LogP contribution in [0.5, 0.6) is 0 Å². The van der Waals surface area contributed by atoms with Crippen molar-refractivity contribution < 1.29 is 8.83 Å². The Hall–Kier alpha value is -7.63. The van der Waals surface area contributed by atoms with Crippen LogP contribution in [-0.2, 0) is 0 Å². The molecule has 0 saturated carbocycles. The van der Waals surface area contributed by atoms with Gasteiger partial charge in [-0.2, -0.15) is 0 Å². The summed E-state index contributed by atoms with van der Waals surface area (Å²) in [6.45, 7) is 0. The third-order valence-electron chi connectivity index (χ3n) is 10.6. The minimum Gasteiger partial charge on any atom is -0.455 e. The van der Waals surface area contributed by atoms with E-state index in [9.17, 15) is 0 Å². The number of benzene rings is 7. The number of rotatable bonds is 6. The fourth-order valence-electron chi connectivity index (χ4n) is 7.89. The van der Waals surface area contributed by atoms with Crippen molar-refractivity contribution in [2.24, 2.45) is 0 Å². The van der Waals surface area contributed by atoms with Gasteiger partial charge in [-0.15, -0.1) is 0 Å². The van der Waals surface area contributed by atoms with Gasteiger partial charge in [0.05, 0.1) is 11.4 Å². The lowest BCUT2D eigenvalue weighted by molar-refractivity contribution is 0.670. The van der Waals surface area contributed by atoms with E-state index in [1.165, 1.54) is 0 Å². The molecule has 0 bridgehead atoms.